The topological polar surface area (TPSA) is 108 Å². The molecule has 0 aliphatic heterocycles. The summed E-state index contributed by atoms with van der Waals surface area (Å²) in [6.07, 6.45) is 1.16. The number of aromatic hydroxyl groups is 1. The smallest absolute Gasteiger partial charge is 0.408 e. The van der Waals surface area contributed by atoms with Gasteiger partial charge < -0.3 is 25.4 Å². The van der Waals surface area contributed by atoms with Crippen molar-refractivity contribution in [1.82, 2.24) is 15.5 Å². The molecule has 3 amide bonds. The number of ether oxygens (including phenoxy) is 1. The van der Waals surface area contributed by atoms with E-state index >= 15 is 0 Å². The summed E-state index contributed by atoms with van der Waals surface area (Å²) in [5.74, 6) is -0.606. The van der Waals surface area contributed by atoms with E-state index in [-0.39, 0.29) is 18.1 Å². The van der Waals surface area contributed by atoms with E-state index in [0.717, 1.165) is 18.4 Å². The molecular weight excluding hydrogens is 482 g/mol. The Balaban J connectivity index is 2.54. The van der Waals surface area contributed by atoms with Crippen LogP contribution in [0.2, 0.25) is 0 Å². The number of benzene rings is 2. The SMILES string of the molecule is CCCCNC(=O)C(c1ccccc1)N(C(=O)C(Cc1ccc(O)cc1)NC(=O)OC(C)(C)C)C(C)(C)C. The van der Waals surface area contributed by atoms with Crippen LogP contribution in [-0.4, -0.2) is 51.6 Å². The average Bonchev–Trinajstić information content (AvgIpc) is 2.81. The summed E-state index contributed by atoms with van der Waals surface area (Å²) in [5, 5.41) is 15.4. The van der Waals surface area contributed by atoms with Crippen molar-refractivity contribution in [1.29, 1.82) is 0 Å². The molecule has 0 aliphatic carbocycles. The van der Waals surface area contributed by atoms with Gasteiger partial charge in [0.1, 0.15) is 23.4 Å². The third-order valence-electron chi connectivity index (χ3n) is 5.78. The molecular formula is C30H43N3O5. The van der Waals surface area contributed by atoms with E-state index in [4.69, 9.17) is 4.74 Å². The molecule has 0 aromatic heterocycles. The Labute approximate surface area is 226 Å². The van der Waals surface area contributed by atoms with E-state index in [9.17, 15) is 19.5 Å². The van der Waals surface area contributed by atoms with Crippen molar-refractivity contribution in [3.8, 4) is 5.75 Å². The van der Waals surface area contributed by atoms with Gasteiger partial charge in [0.25, 0.3) is 0 Å². The van der Waals surface area contributed by atoms with Crippen LogP contribution in [-0.2, 0) is 20.7 Å². The highest BCUT2D eigenvalue weighted by molar-refractivity contribution is 5.92. The monoisotopic (exact) mass is 525 g/mol. The normalized spacial score (nSPS) is 13.2. The second-order valence-electron chi connectivity index (χ2n) is 11.4. The number of amides is 3. The van der Waals surface area contributed by atoms with Crippen molar-refractivity contribution in [2.24, 2.45) is 0 Å². The van der Waals surface area contributed by atoms with Crippen molar-refractivity contribution >= 4 is 17.9 Å². The van der Waals surface area contributed by atoms with Crippen LogP contribution in [0.4, 0.5) is 4.79 Å². The molecule has 38 heavy (non-hydrogen) atoms. The molecule has 2 aromatic carbocycles. The van der Waals surface area contributed by atoms with Crippen LogP contribution in [0.25, 0.3) is 0 Å². The van der Waals surface area contributed by atoms with Gasteiger partial charge in [-0.1, -0.05) is 55.8 Å². The van der Waals surface area contributed by atoms with E-state index in [1.165, 1.54) is 12.1 Å². The molecule has 2 atom stereocenters. The number of rotatable bonds is 10. The summed E-state index contributed by atoms with van der Waals surface area (Å²) < 4.78 is 5.46. The number of phenols is 1. The quantitative estimate of drug-likeness (QED) is 0.374. The molecule has 0 saturated carbocycles. The summed E-state index contributed by atoms with van der Waals surface area (Å²) in [4.78, 5) is 42.3. The van der Waals surface area contributed by atoms with Gasteiger partial charge in [-0.2, -0.15) is 0 Å². The summed E-state index contributed by atoms with van der Waals surface area (Å²) in [6.45, 7) is 13.4. The van der Waals surface area contributed by atoms with E-state index in [1.54, 1.807) is 37.8 Å². The highest BCUT2D eigenvalue weighted by Gasteiger charge is 2.41. The standard InChI is InChI=1S/C30H43N3O5/c1-8-9-19-31-26(35)25(22-13-11-10-12-14-22)33(29(2,3)4)27(36)24(32-28(37)38-30(5,6)7)20-21-15-17-23(34)18-16-21/h10-18,24-25,34H,8-9,19-20H2,1-7H3,(H,31,35)(H,32,37). The van der Waals surface area contributed by atoms with Crippen LogP contribution in [0.3, 0.4) is 0 Å². The van der Waals surface area contributed by atoms with E-state index < -0.39 is 35.2 Å². The molecule has 2 unspecified atom stereocenters. The molecule has 0 heterocycles. The maximum Gasteiger partial charge on any atom is 0.408 e. The molecule has 8 nitrogen and oxygen atoms in total. The number of unbranched alkanes of at least 4 members (excludes halogenated alkanes) is 1. The maximum absolute atomic E-state index is 14.3. The van der Waals surface area contributed by atoms with Gasteiger partial charge in [0, 0.05) is 18.5 Å². The number of carbonyl (C=O) groups is 3. The Kier molecular flexibility index (Phi) is 10.7. The predicted octanol–water partition coefficient (Wildman–Crippen LogP) is 5.11. The lowest BCUT2D eigenvalue weighted by molar-refractivity contribution is -0.148. The number of nitrogens with zero attached hydrogens (tertiary/aromatic N) is 1. The molecule has 0 radical (unpaired) electrons. The predicted molar refractivity (Wildman–Crippen MR) is 149 cm³/mol. The number of hydrogen-bond acceptors (Lipinski definition) is 5. The first kappa shape index (κ1) is 30.7. The number of alkyl carbamates (subject to hydrolysis) is 1. The Bertz CT molecular complexity index is 1060. The van der Waals surface area contributed by atoms with Gasteiger partial charge in [0.2, 0.25) is 11.8 Å². The van der Waals surface area contributed by atoms with Crippen LogP contribution in [0.1, 0.15) is 78.5 Å². The van der Waals surface area contributed by atoms with Crippen molar-refractivity contribution in [3.05, 3.63) is 65.7 Å². The van der Waals surface area contributed by atoms with Gasteiger partial charge in [-0.25, -0.2) is 4.79 Å². The van der Waals surface area contributed by atoms with Crippen LogP contribution >= 0.6 is 0 Å². The number of hydrogen-bond donors (Lipinski definition) is 3. The fourth-order valence-corrected chi connectivity index (χ4v) is 4.07. The molecule has 0 saturated heterocycles. The van der Waals surface area contributed by atoms with Gasteiger partial charge in [0.15, 0.2) is 0 Å². The minimum absolute atomic E-state index is 0.0981. The number of phenolic OH excluding ortho intramolecular Hbond substituents is 1. The molecule has 0 aliphatic rings. The van der Waals surface area contributed by atoms with Crippen LogP contribution in [0, 0.1) is 0 Å². The zero-order chi connectivity index (χ0) is 28.5. The van der Waals surface area contributed by atoms with Gasteiger partial charge in [0.05, 0.1) is 0 Å². The highest BCUT2D eigenvalue weighted by Crippen LogP contribution is 2.30. The summed E-state index contributed by atoms with van der Waals surface area (Å²) >= 11 is 0. The highest BCUT2D eigenvalue weighted by atomic mass is 16.6. The van der Waals surface area contributed by atoms with E-state index in [0.29, 0.717) is 12.1 Å². The molecule has 0 bridgehead atoms. The Hall–Kier alpha value is -3.55. The zero-order valence-electron chi connectivity index (χ0n) is 23.7. The molecule has 208 valence electrons. The Morgan fingerprint density at radius 3 is 2.08 bits per heavy atom. The molecule has 8 heteroatoms. The number of carbonyl (C=O) groups excluding carboxylic acids is 3. The first-order valence-corrected chi connectivity index (χ1v) is 13.2. The second kappa shape index (κ2) is 13.3. The third kappa shape index (κ3) is 9.39. The Morgan fingerprint density at radius 2 is 1.55 bits per heavy atom. The summed E-state index contributed by atoms with van der Waals surface area (Å²) in [7, 11) is 0. The zero-order valence-corrected chi connectivity index (χ0v) is 23.7. The van der Waals surface area contributed by atoms with Crippen LogP contribution in [0.15, 0.2) is 54.6 Å². The van der Waals surface area contributed by atoms with Crippen LogP contribution in [0.5, 0.6) is 5.75 Å². The minimum Gasteiger partial charge on any atom is -0.508 e. The lowest BCUT2D eigenvalue weighted by Crippen LogP contribution is -2.59. The van der Waals surface area contributed by atoms with E-state index in [1.807, 2.05) is 58.0 Å². The van der Waals surface area contributed by atoms with Gasteiger partial charge in [-0.3, -0.25) is 9.59 Å². The fourth-order valence-electron chi connectivity index (χ4n) is 4.07. The molecule has 3 N–H and O–H groups in total. The van der Waals surface area contributed by atoms with Gasteiger partial charge in [-0.05, 0) is 71.2 Å². The second-order valence-corrected chi connectivity index (χ2v) is 11.4. The molecule has 2 aromatic rings. The number of nitrogens with one attached hydrogen (secondary N) is 2. The van der Waals surface area contributed by atoms with Crippen molar-refractivity contribution < 1.29 is 24.2 Å². The fraction of sp³-hybridized carbons (Fsp3) is 0.500. The lowest BCUT2D eigenvalue weighted by atomic mass is 9.94. The molecule has 0 spiro atoms. The van der Waals surface area contributed by atoms with Crippen LogP contribution < -0.4 is 10.6 Å². The van der Waals surface area contributed by atoms with Gasteiger partial charge in [-0.15, -0.1) is 0 Å². The summed E-state index contributed by atoms with van der Waals surface area (Å²) in [5.41, 5.74) is -0.131. The average molecular weight is 526 g/mol. The third-order valence-corrected chi connectivity index (χ3v) is 5.78. The van der Waals surface area contributed by atoms with Gasteiger partial charge >= 0.3 is 6.09 Å². The molecule has 0 fully saturated rings. The minimum atomic E-state index is -1.02. The first-order chi connectivity index (χ1) is 17.7. The maximum atomic E-state index is 14.3. The largest absolute Gasteiger partial charge is 0.508 e. The van der Waals surface area contributed by atoms with E-state index in [2.05, 4.69) is 10.6 Å². The van der Waals surface area contributed by atoms with Crippen molar-refractivity contribution in [2.45, 2.75) is 91.0 Å². The van der Waals surface area contributed by atoms with Crippen molar-refractivity contribution in [3.63, 3.8) is 0 Å². The Morgan fingerprint density at radius 1 is 0.947 bits per heavy atom. The molecule has 2 rings (SSSR count). The van der Waals surface area contributed by atoms with Crippen molar-refractivity contribution in [2.75, 3.05) is 6.54 Å². The summed E-state index contributed by atoms with van der Waals surface area (Å²) in [6, 6.07) is 13.7. The first-order valence-electron chi connectivity index (χ1n) is 13.2. The lowest BCUT2D eigenvalue weighted by Gasteiger charge is -2.43.